The standard InChI is InChI=1S/C6H4BBrF2.K.H/c8-6-4-2-1-3-5(6)7(9)10;;/h1-4H;;/q;+1;-1. The molecule has 0 N–H and O–H groups in total. The summed E-state index contributed by atoms with van der Waals surface area (Å²) in [5, 5.41) is 0. The van der Waals surface area contributed by atoms with Crippen molar-refractivity contribution >= 4 is 28.7 Å². The topological polar surface area (TPSA) is 0 Å². The fourth-order valence-corrected chi connectivity index (χ4v) is 1.11. The normalized spacial score (nSPS) is 8.64. The minimum atomic E-state index is -2.39. The van der Waals surface area contributed by atoms with Gasteiger partial charge in [0.05, 0.1) is 0 Å². The maximum atomic E-state index is 12.0. The van der Waals surface area contributed by atoms with Crippen LogP contribution in [0.15, 0.2) is 28.7 Å². The summed E-state index contributed by atoms with van der Waals surface area (Å²) in [4.78, 5) is 0. The molecule has 0 aromatic heterocycles. The second-order valence-electron chi connectivity index (χ2n) is 1.82. The van der Waals surface area contributed by atoms with Gasteiger partial charge in [-0.1, -0.05) is 34.1 Å². The predicted octanol–water partition coefficient (Wildman–Crippen LogP) is -0.800. The Morgan fingerprint density at radius 1 is 1.27 bits per heavy atom. The minimum absolute atomic E-state index is 0. The van der Waals surface area contributed by atoms with E-state index in [9.17, 15) is 8.63 Å². The molecule has 11 heavy (non-hydrogen) atoms. The third-order valence-electron chi connectivity index (χ3n) is 1.14. The minimum Gasteiger partial charge on any atom is -1.00 e. The molecule has 0 unspecified atom stereocenters. The van der Waals surface area contributed by atoms with Crippen LogP contribution in [0.3, 0.4) is 0 Å². The number of rotatable bonds is 1. The van der Waals surface area contributed by atoms with Crippen LogP contribution in [0.2, 0.25) is 0 Å². The van der Waals surface area contributed by atoms with Gasteiger partial charge < -0.3 is 1.43 Å². The molecular formula is C6H5BBrF2K. The Labute approximate surface area is 117 Å². The fraction of sp³-hybridized carbons (Fsp3) is 0. The molecule has 0 aliphatic carbocycles. The Morgan fingerprint density at radius 2 is 1.82 bits per heavy atom. The van der Waals surface area contributed by atoms with E-state index in [4.69, 9.17) is 0 Å². The van der Waals surface area contributed by atoms with Crippen molar-refractivity contribution in [2.24, 2.45) is 0 Å². The second kappa shape index (κ2) is 5.83. The van der Waals surface area contributed by atoms with Gasteiger partial charge >= 0.3 is 58.7 Å². The Hall–Kier alpha value is 1.26. The van der Waals surface area contributed by atoms with Gasteiger partial charge in [-0.05, 0) is 6.07 Å². The number of hydrogen-bond acceptors (Lipinski definition) is 0. The summed E-state index contributed by atoms with van der Waals surface area (Å²) in [6.07, 6.45) is 0. The number of halogens is 3. The molecule has 0 atom stereocenters. The van der Waals surface area contributed by atoms with Gasteiger partial charge in [-0.25, -0.2) is 0 Å². The SMILES string of the molecule is FB(F)c1ccccc1Br.[H-].[K+]. The van der Waals surface area contributed by atoms with Crippen molar-refractivity contribution < 1.29 is 61.4 Å². The average Bonchev–Trinajstić information content (AvgIpc) is 1.88. The molecule has 1 aromatic carbocycles. The molecule has 0 fully saturated rings. The molecule has 0 saturated carbocycles. The zero-order chi connectivity index (χ0) is 7.56. The van der Waals surface area contributed by atoms with E-state index in [0.717, 1.165) is 0 Å². The van der Waals surface area contributed by atoms with Crippen molar-refractivity contribution in [1.29, 1.82) is 0 Å². The maximum absolute atomic E-state index is 12.0. The van der Waals surface area contributed by atoms with Crippen LogP contribution in [0.25, 0.3) is 0 Å². The van der Waals surface area contributed by atoms with Gasteiger partial charge in [-0.2, -0.15) is 0 Å². The molecule has 54 valence electrons. The van der Waals surface area contributed by atoms with Crippen molar-refractivity contribution in [3.63, 3.8) is 0 Å². The van der Waals surface area contributed by atoms with Gasteiger partial charge in [0.1, 0.15) is 0 Å². The van der Waals surface area contributed by atoms with Crippen LogP contribution >= 0.6 is 15.9 Å². The van der Waals surface area contributed by atoms with Gasteiger partial charge in [0.2, 0.25) is 0 Å². The summed E-state index contributed by atoms with van der Waals surface area (Å²) in [5.41, 5.74) is 0.0440. The van der Waals surface area contributed by atoms with Crippen LogP contribution in [0, 0.1) is 0 Å². The molecule has 5 heteroatoms. The van der Waals surface area contributed by atoms with Crippen LogP contribution < -0.4 is 56.8 Å². The van der Waals surface area contributed by atoms with E-state index >= 15 is 0 Å². The second-order valence-corrected chi connectivity index (χ2v) is 2.68. The van der Waals surface area contributed by atoms with Gasteiger partial charge in [0.25, 0.3) is 0 Å². The summed E-state index contributed by atoms with van der Waals surface area (Å²) in [5.74, 6) is 0. The predicted molar refractivity (Wildman–Crippen MR) is 42.9 cm³/mol. The van der Waals surface area contributed by atoms with E-state index in [0.29, 0.717) is 4.47 Å². The summed E-state index contributed by atoms with van der Waals surface area (Å²) >= 11 is 3.02. The van der Waals surface area contributed by atoms with Crippen LogP contribution in [0.5, 0.6) is 0 Å². The first-order chi connectivity index (χ1) is 4.72. The Morgan fingerprint density at radius 3 is 2.18 bits per heavy atom. The third-order valence-corrected chi connectivity index (χ3v) is 1.86. The Balaban J connectivity index is 0. The van der Waals surface area contributed by atoms with E-state index in [1.54, 1.807) is 18.2 Å². The molecule has 0 heterocycles. The smallest absolute Gasteiger partial charge is 1.00 e. The average molecular weight is 245 g/mol. The Bertz CT molecular complexity index is 237. The zero-order valence-corrected chi connectivity index (χ0v) is 10.7. The zero-order valence-electron chi connectivity index (χ0n) is 7.02. The molecule has 1 rings (SSSR count). The monoisotopic (exact) mass is 244 g/mol. The summed E-state index contributed by atoms with van der Waals surface area (Å²) < 4.78 is 24.5. The van der Waals surface area contributed by atoms with Crippen molar-refractivity contribution in [2.75, 3.05) is 0 Å². The van der Waals surface area contributed by atoms with Crippen LogP contribution in [-0.2, 0) is 0 Å². The first kappa shape index (κ1) is 12.3. The molecule has 0 nitrogen and oxygen atoms in total. The first-order valence-corrected chi connectivity index (χ1v) is 3.53. The fourth-order valence-electron chi connectivity index (χ4n) is 0.652. The van der Waals surface area contributed by atoms with E-state index in [1.807, 2.05) is 0 Å². The van der Waals surface area contributed by atoms with E-state index in [-0.39, 0.29) is 58.3 Å². The number of hydrogen-bond donors (Lipinski definition) is 0. The number of benzene rings is 1. The largest absolute Gasteiger partial charge is 1.00 e. The van der Waals surface area contributed by atoms with Crippen LogP contribution in [0.4, 0.5) is 8.63 Å². The van der Waals surface area contributed by atoms with Crippen LogP contribution in [-0.4, -0.2) is 7.27 Å². The van der Waals surface area contributed by atoms with Crippen molar-refractivity contribution in [3.05, 3.63) is 28.7 Å². The molecule has 0 aliphatic rings. The van der Waals surface area contributed by atoms with E-state index in [1.165, 1.54) is 6.07 Å². The third kappa shape index (κ3) is 3.65. The van der Waals surface area contributed by atoms with Gasteiger partial charge in [-0.15, -0.1) is 0 Å². The molecule has 1 aromatic rings. The molecule has 0 radical (unpaired) electrons. The van der Waals surface area contributed by atoms with Crippen LogP contribution in [0.1, 0.15) is 1.43 Å². The van der Waals surface area contributed by atoms with Crippen molar-refractivity contribution in [2.45, 2.75) is 0 Å². The molecule has 0 bridgehead atoms. The van der Waals surface area contributed by atoms with E-state index < -0.39 is 7.27 Å². The first-order valence-electron chi connectivity index (χ1n) is 2.74. The quantitative estimate of drug-likeness (QED) is 0.568. The van der Waals surface area contributed by atoms with Gasteiger partial charge in [0, 0.05) is 9.94 Å². The maximum Gasteiger partial charge on any atom is 1.00 e. The van der Waals surface area contributed by atoms with Gasteiger partial charge in [-0.3, -0.25) is 8.63 Å². The van der Waals surface area contributed by atoms with Crippen molar-refractivity contribution in [3.8, 4) is 0 Å². The molecule has 0 spiro atoms. The molecule has 0 saturated heterocycles. The molecule has 0 amide bonds. The summed E-state index contributed by atoms with van der Waals surface area (Å²) in [7, 11) is -2.39. The summed E-state index contributed by atoms with van der Waals surface area (Å²) in [6.45, 7) is 0. The molecule has 0 aliphatic heterocycles. The van der Waals surface area contributed by atoms with Crippen molar-refractivity contribution in [1.82, 2.24) is 0 Å². The summed E-state index contributed by atoms with van der Waals surface area (Å²) in [6, 6.07) is 6.29. The van der Waals surface area contributed by atoms with Gasteiger partial charge in [0.15, 0.2) is 0 Å². The molecular weight excluding hydrogens is 240 g/mol. The van der Waals surface area contributed by atoms with E-state index in [2.05, 4.69) is 15.9 Å². The Kier molecular flexibility index (Phi) is 6.50.